The van der Waals surface area contributed by atoms with E-state index in [2.05, 4.69) is 9.84 Å². The van der Waals surface area contributed by atoms with Gasteiger partial charge in [0.1, 0.15) is 4.64 Å². The van der Waals surface area contributed by atoms with Crippen LogP contribution in [0.2, 0.25) is 0 Å². The van der Waals surface area contributed by atoms with Crippen LogP contribution in [-0.4, -0.2) is 16.4 Å². The summed E-state index contributed by atoms with van der Waals surface area (Å²) in [6, 6.07) is 0. The minimum atomic E-state index is -2.75. The van der Waals surface area contributed by atoms with Gasteiger partial charge in [0.15, 0.2) is 0 Å². The van der Waals surface area contributed by atoms with Gasteiger partial charge < -0.3 is 4.74 Å². The van der Waals surface area contributed by atoms with Gasteiger partial charge in [-0.1, -0.05) is 12.2 Å². The van der Waals surface area contributed by atoms with Gasteiger partial charge in [-0.05, 0) is 6.92 Å². The van der Waals surface area contributed by atoms with Crippen LogP contribution in [0.5, 0.6) is 0 Å². The van der Waals surface area contributed by atoms with Gasteiger partial charge in [0.25, 0.3) is 0 Å². The molecular weight excluding hydrogens is 198 g/mol. The Morgan fingerprint density at radius 1 is 1.62 bits per heavy atom. The average Bonchev–Trinajstić information content (AvgIpc) is 2.29. The number of rotatable bonds is 3. The maximum absolute atomic E-state index is 11.7. The molecule has 0 aliphatic carbocycles. The smallest absolute Gasteiger partial charge is 0.317 e. The molecule has 0 bridgehead atoms. The van der Waals surface area contributed by atoms with Gasteiger partial charge >= 0.3 is 6.61 Å². The molecule has 3 nitrogen and oxygen atoms in total. The zero-order valence-corrected chi connectivity index (χ0v) is 8.12. The minimum Gasteiger partial charge on any atom is -0.317 e. The first-order chi connectivity index (χ1) is 6.02. The van der Waals surface area contributed by atoms with E-state index in [0.717, 1.165) is 5.56 Å². The molecule has 1 N–H and O–H groups in total. The van der Waals surface area contributed by atoms with Gasteiger partial charge in [-0.3, -0.25) is 9.78 Å². The summed E-state index contributed by atoms with van der Waals surface area (Å²) in [6.07, 6.45) is 0. The van der Waals surface area contributed by atoms with Crippen LogP contribution in [-0.2, 0) is 18.4 Å². The van der Waals surface area contributed by atoms with E-state index in [4.69, 9.17) is 12.2 Å². The van der Waals surface area contributed by atoms with Crippen LogP contribution in [0.1, 0.15) is 11.3 Å². The molecule has 0 saturated carbocycles. The van der Waals surface area contributed by atoms with Crippen molar-refractivity contribution in [3.63, 3.8) is 0 Å². The summed E-state index contributed by atoms with van der Waals surface area (Å²) in [4.78, 5) is 0. The van der Waals surface area contributed by atoms with E-state index in [1.807, 2.05) is 0 Å². The zero-order chi connectivity index (χ0) is 10.0. The lowest BCUT2D eigenvalue weighted by Gasteiger charge is -2.00. The van der Waals surface area contributed by atoms with Gasteiger partial charge in [-0.15, -0.1) is 0 Å². The molecule has 1 heterocycles. The Kier molecular flexibility index (Phi) is 3.16. The number of nitrogens with one attached hydrogen (secondary N) is 1. The van der Waals surface area contributed by atoms with E-state index < -0.39 is 6.61 Å². The Bertz CT molecular complexity index is 345. The lowest BCUT2D eigenvalue weighted by molar-refractivity contribution is -0.138. The molecule has 74 valence electrons. The summed E-state index contributed by atoms with van der Waals surface area (Å²) in [5, 5.41) is 2.82. The third-order valence-electron chi connectivity index (χ3n) is 1.73. The Morgan fingerprint density at radius 3 is 2.62 bits per heavy atom. The molecule has 0 radical (unpaired) electrons. The molecule has 6 heteroatoms. The predicted octanol–water partition coefficient (Wildman–Crippen LogP) is 2.13. The van der Waals surface area contributed by atoms with Gasteiger partial charge in [-0.25, -0.2) is 0 Å². The van der Waals surface area contributed by atoms with E-state index in [0.29, 0.717) is 10.3 Å². The molecule has 0 aliphatic heterocycles. The third-order valence-corrected chi connectivity index (χ3v) is 2.31. The van der Waals surface area contributed by atoms with E-state index in [9.17, 15) is 8.78 Å². The third kappa shape index (κ3) is 2.35. The fraction of sp³-hybridized carbons (Fsp3) is 0.571. The quantitative estimate of drug-likeness (QED) is 0.771. The normalized spacial score (nSPS) is 11.2. The average molecular weight is 208 g/mol. The summed E-state index contributed by atoms with van der Waals surface area (Å²) in [5.74, 6) is 0. The summed E-state index contributed by atoms with van der Waals surface area (Å²) < 4.78 is 29.7. The molecule has 0 saturated heterocycles. The van der Waals surface area contributed by atoms with E-state index in [1.165, 1.54) is 0 Å². The molecule has 0 fully saturated rings. The fourth-order valence-corrected chi connectivity index (χ4v) is 1.17. The van der Waals surface area contributed by atoms with Crippen molar-refractivity contribution in [2.45, 2.75) is 20.1 Å². The van der Waals surface area contributed by atoms with Crippen LogP contribution >= 0.6 is 12.2 Å². The molecule has 1 aromatic rings. The number of aromatic amines is 1. The first kappa shape index (κ1) is 10.3. The molecule has 0 spiro atoms. The molecule has 0 atom stereocenters. The van der Waals surface area contributed by atoms with E-state index in [1.54, 1.807) is 18.7 Å². The molecule has 0 unspecified atom stereocenters. The number of aromatic nitrogens is 2. The van der Waals surface area contributed by atoms with Crippen molar-refractivity contribution in [3.8, 4) is 0 Å². The molecule has 1 aromatic heterocycles. The second kappa shape index (κ2) is 3.97. The first-order valence-electron chi connectivity index (χ1n) is 3.66. The molecule has 0 aromatic carbocycles. The molecule has 1 rings (SSSR count). The van der Waals surface area contributed by atoms with Gasteiger partial charge in [0.2, 0.25) is 0 Å². The van der Waals surface area contributed by atoms with Crippen LogP contribution in [0, 0.1) is 11.6 Å². The predicted molar refractivity (Wildman–Crippen MR) is 46.1 cm³/mol. The number of alkyl halides is 2. The van der Waals surface area contributed by atoms with E-state index in [-0.39, 0.29) is 6.61 Å². The Hall–Kier alpha value is -0.750. The zero-order valence-electron chi connectivity index (χ0n) is 7.30. The first-order valence-corrected chi connectivity index (χ1v) is 4.07. The van der Waals surface area contributed by atoms with Crippen molar-refractivity contribution >= 4 is 12.2 Å². The van der Waals surface area contributed by atoms with Crippen LogP contribution in [0.4, 0.5) is 8.78 Å². The van der Waals surface area contributed by atoms with Crippen molar-refractivity contribution in [1.82, 2.24) is 9.78 Å². The lowest BCUT2D eigenvalue weighted by atomic mass is 10.3. The summed E-state index contributed by atoms with van der Waals surface area (Å²) in [6.45, 7) is -1.13. The van der Waals surface area contributed by atoms with Crippen LogP contribution in [0.15, 0.2) is 0 Å². The van der Waals surface area contributed by atoms with Crippen LogP contribution < -0.4 is 0 Å². The summed E-state index contributed by atoms with van der Waals surface area (Å²) >= 11 is 4.98. The second-order valence-corrected chi connectivity index (χ2v) is 3.04. The van der Waals surface area contributed by atoms with Gasteiger partial charge in [0, 0.05) is 12.6 Å². The van der Waals surface area contributed by atoms with E-state index >= 15 is 0 Å². The molecule has 13 heavy (non-hydrogen) atoms. The lowest BCUT2D eigenvalue weighted by Crippen LogP contribution is -2.01. The fourth-order valence-electron chi connectivity index (χ4n) is 1.00. The Morgan fingerprint density at radius 2 is 2.23 bits per heavy atom. The standard InChI is InChI=1S/C7H10F2N2OS/c1-4-5(3-12-7(8)9)10-11(2)6(4)13/h7,10H,3H2,1-2H3. The van der Waals surface area contributed by atoms with Crippen molar-refractivity contribution < 1.29 is 13.5 Å². The van der Waals surface area contributed by atoms with Crippen molar-refractivity contribution in [2.75, 3.05) is 0 Å². The number of hydrogen-bond donors (Lipinski definition) is 1. The number of nitrogens with zero attached hydrogens (tertiary/aromatic N) is 1. The van der Waals surface area contributed by atoms with Gasteiger partial charge in [0.05, 0.1) is 12.3 Å². The Balaban J connectivity index is 2.78. The Labute approximate surface area is 79.3 Å². The number of hydrogen-bond acceptors (Lipinski definition) is 2. The van der Waals surface area contributed by atoms with Gasteiger partial charge in [-0.2, -0.15) is 8.78 Å². The highest BCUT2D eigenvalue weighted by atomic mass is 32.1. The van der Waals surface area contributed by atoms with Crippen LogP contribution in [0.25, 0.3) is 0 Å². The molecule has 0 amide bonds. The highest BCUT2D eigenvalue weighted by Gasteiger charge is 2.08. The van der Waals surface area contributed by atoms with Crippen molar-refractivity contribution in [2.24, 2.45) is 7.05 Å². The van der Waals surface area contributed by atoms with Crippen LogP contribution in [0.3, 0.4) is 0 Å². The van der Waals surface area contributed by atoms with Crippen molar-refractivity contribution in [3.05, 3.63) is 15.9 Å². The molecular formula is C7H10F2N2OS. The maximum atomic E-state index is 11.7. The summed E-state index contributed by atoms with van der Waals surface area (Å²) in [5.41, 5.74) is 1.37. The monoisotopic (exact) mass is 208 g/mol. The number of halogens is 2. The molecule has 0 aliphatic rings. The maximum Gasteiger partial charge on any atom is 0.345 e. The second-order valence-electron chi connectivity index (χ2n) is 2.65. The summed E-state index contributed by atoms with van der Waals surface area (Å²) in [7, 11) is 1.72. The van der Waals surface area contributed by atoms with Crippen molar-refractivity contribution in [1.29, 1.82) is 0 Å². The number of aryl methyl sites for hydroxylation is 1. The largest absolute Gasteiger partial charge is 0.345 e. The SMILES string of the molecule is Cc1c(COC(F)F)[nH]n(C)c1=S. The topological polar surface area (TPSA) is 29.9 Å². The number of H-pyrrole nitrogens is 1. The highest BCUT2D eigenvalue weighted by Crippen LogP contribution is 2.10. The minimum absolute atomic E-state index is 0.145. The highest BCUT2D eigenvalue weighted by molar-refractivity contribution is 7.71. The number of ether oxygens (including phenoxy) is 1.